The summed E-state index contributed by atoms with van der Waals surface area (Å²) in [6.45, 7) is 6.72. The molecule has 7 heteroatoms. The van der Waals surface area contributed by atoms with Crippen molar-refractivity contribution in [3.8, 4) is 0 Å². The number of carbonyl (C=O) groups excluding carboxylic acids is 1. The number of carbonyl (C=O) groups is 1. The van der Waals surface area contributed by atoms with Crippen LogP contribution in [-0.4, -0.2) is 20.5 Å². The first-order valence-electron chi connectivity index (χ1n) is 5.99. The topological polar surface area (TPSA) is 60.4 Å². The second-order valence-corrected chi connectivity index (χ2v) is 7.46. The van der Waals surface area contributed by atoms with Gasteiger partial charge in [0.2, 0.25) is 0 Å². The Morgan fingerprint density at radius 2 is 1.85 bits per heavy atom. The Balaban J connectivity index is 3.24. The fourth-order valence-electron chi connectivity index (χ4n) is 1.39. The van der Waals surface area contributed by atoms with Crippen molar-refractivity contribution in [3.05, 3.63) is 29.1 Å². The van der Waals surface area contributed by atoms with Crippen molar-refractivity contribution < 1.29 is 22.3 Å². The summed E-state index contributed by atoms with van der Waals surface area (Å²) >= 11 is 0. The Labute approximate surface area is 122 Å². The first-order valence-corrected chi connectivity index (χ1v) is 8.30. The summed E-state index contributed by atoms with van der Waals surface area (Å²) in [6, 6.07) is 1.96. The zero-order chi connectivity index (χ0) is 15.7. The van der Waals surface area contributed by atoms with Gasteiger partial charge in [-0.25, -0.2) is 17.6 Å². The first-order chi connectivity index (χ1) is 9.04. The van der Waals surface area contributed by atoms with E-state index in [0.29, 0.717) is 0 Å². The van der Waals surface area contributed by atoms with E-state index in [1.54, 1.807) is 6.92 Å². The smallest absolute Gasteiger partial charge is 0.341 e. The largest absolute Gasteiger partial charge is 0.459 e. The fraction of sp³-hybridized carbons (Fsp3) is 0.462. The Morgan fingerprint density at radius 3 is 2.30 bits per heavy atom. The molecule has 20 heavy (non-hydrogen) atoms. The predicted molar refractivity (Wildman–Crippen MR) is 73.9 cm³/mol. The number of ether oxygens (including phenoxy) is 1. The molecule has 1 aromatic rings. The van der Waals surface area contributed by atoms with Gasteiger partial charge < -0.3 is 4.74 Å². The van der Waals surface area contributed by atoms with Crippen LogP contribution in [0.25, 0.3) is 0 Å². The second kappa shape index (κ2) is 6.10. The van der Waals surface area contributed by atoms with Crippen molar-refractivity contribution >= 4 is 25.7 Å². The van der Waals surface area contributed by atoms with Gasteiger partial charge in [0.1, 0.15) is 11.9 Å². The molecule has 1 unspecified atom stereocenters. The number of rotatable bonds is 4. The van der Waals surface area contributed by atoms with Crippen LogP contribution in [0.4, 0.5) is 4.39 Å². The lowest BCUT2D eigenvalue weighted by molar-refractivity contribution is 0.0232. The van der Waals surface area contributed by atoms with Crippen LogP contribution >= 0.6 is 10.7 Å². The van der Waals surface area contributed by atoms with Gasteiger partial charge in [-0.05, 0) is 37.5 Å². The van der Waals surface area contributed by atoms with Gasteiger partial charge in [0.15, 0.2) is 0 Å². The zero-order valence-electron chi connectivity index (χ0n) is 11.6. The van der Waals surface area contributed by atoms with E-state index in [1.807, 2.05) is 13.8 Å². The average Bonchev–Trinajstić information content (AvgIpc) is 2.30. The molecule has 1 aromatic carbocycles. The predicted octanol–water partition coefficient (Wildman–Crippen LogP) is 3.26. The van der Waals surface area contributed by atoms with Gasteiger partial charge in [-0.15, -0.1) is 0 Å². The molecule has 0 N–H and O–H groups in total. The highest BCUT2D eigenvalue weighted by Gasteiger charge is 2.23. The number of halogens is 2. The third-order valence-corrected chi connectivity index (χ3v) is 4.29. The molecular weight excluding hydrogens is 307 g/mol. The number of hydrogen-bond donors (Lipinski definition) is 0. The maximum absolute atomic E-state index is 13.9. The molecule has 0 aliphatic carbocycles. The highest BCUT2D eigenvalue weighted by Crippen LogP contribution is 2.23. The summed E-state index contributed by atoms with van der Waals surface area (Å²) in [4.78, 5) is 11.6. The van der Waals surface area contributed by atoms with E-state index in [0.717, 1.165) is 12.1 Å². The van der Waals surface area contributed by atoms with Crippen molar-refractivity contribution in [2.45, 2.75) is 38.7 Å². The van der Waals surface area contributed by atoms with E-state index >= 15 is 0 Å². The molecule has 112 valence electrons. The molecule has 0 aliphatic heterocycles. The normalized spacial score (nSPS) is 13.3. The van der Waals surface area contributed by atoms with Crippen LogP contribution in [-0.2, 0) is 13.8 Å². The van der Waals surface area contributed by atoms with Crippen LogP contribution in [0.3, 0.4) is 0 Å². The third-order valence-electron chi connectivity index (χ3n) is 2.96. The van der Waals surface area contributed by atoms with Crippen molar-refractivity contribution in [2.75, 3.05) is 0 Å². The molecule has 0 amide bonds. The standard InChI is InChI=1S/C13H16ClFO4S/c1-7(2)9(4)19-13(16)11-6-10(20(14,17)18)5-8(3)12(11)15/h5-7,9H,1-4H3. The Morgan fingerprint density at radius 1 is 1.30 bits per heavy atom. The van der Waals surface area contributed by atoms with E-state index in [1.165, 1.54) is 6.92 Å². The van der Waals surface area contributed by atoms with Crippen molar-refractivity contribution in [3.63, 3.8) is 0 Å². The summed E-state index contributed by atoms with van der Waals surface area (Å²) in [6.07, 6.45) is -0.418. The molecule has 0 aromatic heterocycles. The Bertz CT molecular complexity index is 626. The van der Waals surface area contributed by atoms with Gasteiger partial charge in [-0.2, -0.15) is 0 Å². The van der Waals surface area contributed by atoms with E-state index in [-0.39, 0.29) is 16.4 Å². The maximum atomic E-state index is 13.9. The fourth-order valence-corrected chi connectivity index (χ4v) is 2.24. The summed E-state index contributed by atoms with van der Waals surface area (Å²) in [5.41, 5.74) is -0.424. The molecule has 4 nitrogen and oxygen atoms in total. The van der Waals surface area contributed by atoms with E-state index in [9.17, 15) is 17.6 Å². The van der Waals surface area contributed by atoms with Crippen LogP contribution < -0.4 is 0 Å². The Hall–Kier alpha value is -1.14. The minimum atomic E-state index is -4.05. The van der Waals surface area contributed by atoms with Crippen molar-refractivity contribution in [2.24, 2.45) is 5.92 Å². The molecule has 1 rings (SSSR count). The van der Waals surface area contributed by atoms with Gasteiger partial charge in [-0.3, -0.25) is 0 Å². The molecule has 0 spiro atoms. The molecular formula is C13H16ClFO4S. The van der Waals surface area contributed by atoms with Gasteiger partial charge in [0, 0.05) is 10.7 Å². The van der Waals surface area contributed by atoms with Gasteiger partial charge >= 0.3 is 5.97 Å². The van der Waals surface area contributed by atoms with Crippen molar-refractivity contribution in [1.29, 1.82) is 0 Å². The number of esters is 1. The van der Waals surface area contributed by atoms with E-state index in [2.05, 4.69) is 0 Å². The number of benzene rings is 1. The van der Waals surface area contributed by atoms with E-state index < -0.39 is 32.5 Å². The van der Waals surface area contributed by atoms with Crippen LogP contribution in [0.1, 0.15) is 36.7 Å². The lowest BCUT2D eigenvalue weighted by Crippen LogP contribution is -2.21. The summed E-state index contributed by atoms with van der Waals surface area (Å²) in [5.74, 6) is -1.66. The zero-order valence-corrected chi connectivity index (χ0v) is 13.2. The van der Waals surface area contributed by atoms with Crippen LogP contribution in [0, 0.1) is 18.7 Å². The van der Waals surface area contributed by atoms with Crippen molar-refractivity contribution in [1.82, 2.24) is 0 Å². The van der Waals surface area contributed by atoms with Crippen LogP contribution in [0.2, 0.25) is 0 Å². The van der Waals surface area contributed by atoms with Gasteiger partial charge in [0.25, 0.3) is 9.05 Å². The van der Waals surface area contributed by atoms with Crippen LogP contribution in [0.15, 0.2) is 17.0 Å². The first kappa shape index (κ1) is 16.9. The molecule has 0 saturated carbocycles. The van der Waals surface area contributed by atoms with E-state index in [4.69, 9.17) is 15.4 Å². The lowest BCUT2D eigenvalue weighted by Gasteiger charge is -2.17. The highest BCUT2D eigenvalue weighted by molar-refractivity contribution is 8.13. The number of hydrogen-bond acceptors (Lipinski definition) is 4. The molecule has 0 heterocycles. The molecule has 1 atom stereocenters. The summed E-state index contributed by atoms with van der Waals surface area (Å²) in [5, 5.41) is 0. The SMILES string of the molecule is Cc1cc(S(=O)(=O)Cl)cc(C(=O)OC(C)C(C)C)c1F. The monoisotopic (exact) mass is 322 g/mol. The quantitative estimate of drug-likeness (QED) is 0.630. The molecule has 0 radical (unpaired) electrons. The second-order valence-electron chi connectivity index (χ2n) is 4.89. The third kappa shape index (κ3) is 3.93. The number of aryl methyl sites for hydroxylation is 1. The van der Waals surface area contributed by atoms with Crippen LogP contribution in [0.5, 0.6) is 0 Å². The molecule has 0 saturated heterocycles. The van der Waals surface area contributed by atoms with Gasteiger partial charge in [-0.1, -0.05) is 13.8 Å². The minimum absolute atomic E-state index is 0.0101. The minimum Gasteiger partial charge on any atom is -0.459 e. The highest BCUT2D eigenvalue weighted by atomic mass is 35.7. The van der Waals surface area contributed by atoms with Gasteiger partial charge in [0.05, 0.1) is 10.5 Å². The molecule has 0 fully saturated rings. The maximum Gasteiger partial charge on any atom is 0.341 e. The summed E-state index contributed by atoms with van der Waals surface area (Å²) < 4.78 is 41.6. The Kier molecular flexibility index (Phi) is 5.15. The molecule has 0 aliphatic rings. The lowest BCUT2D eigenvalue weighted by atomic mass is 10.1. The summed E-state index contributed by atoms with van der Waals surface area (Å²) in [7, 11) is 1.17. The molecule has 0 bridgehead atoms. The average molecular weight is 323 g/mol.